The maximum absolute atomic E-state index is 14.0. The number of rotatable bonds is 14. The van der Waals surface area contributed by atoms with E-state index in [1.54, 1.807) is 11.0 Å². The zero-order valence-corrected chi connectivity index (χ0v) is 27.5. The van der Waals surface area contributed by atoms with Crippen molar-refractivity contribution in [3.8, 4) is 0 Å². The van der Waals surface area contributed by atoms with Gasteiger partial charge in [0, 0.05) is 36.4 Å². The molecule has 9 heteroatoms. The van der Waals surface area contributed by atoms with Crippen LogP contribution < -0.4 is 9.62 Å². The van der Waals surface area contributed by atoms with E-state index in [1.807, 2.05) is 94.4 Å². The molecule has 0 aliphatic rings. The molecule has 3 aromatic rings. The Kier molecular flexibility index (Phi) is 12.2. The third-order valence-corrected chi connectivity index (χ3v) is 9.13. The molecule has 7 nitrogen and oxygen atoms in total. The minimum Gasteiger partial charge on any atom is -0.352 e. The van der Waals surface area contributed by atoms with E-state index in [1.165, 1.54) is 10.6 Å². The lowest BCUT2D eigenvalue weighted by Crippen LogP contribution is -2.52. The van der Waals surface area contributed by atoms with Crippen LogP contribution >= 0.6 is 15.9 Å². The number of hydrogen-bond acceptors (Lipinski definition) is 4. The molecule has 0 saturated carbocycles. The van der Waals surface area contributed by atoms with Crippen LogP contribution in [-0.2, 0) is 32.6 Å². The van der Waals surface area contributed by atoms with Crippen LogP contribution in [0.5, 0.6) is 0 Å². The molecule has 0 spiro atoms. The van der Waals surface area contributed by atoms with Crippen LogP contribution in [0, 0.1) is 13.8 Å². The lowest BCUT2D eigenvalue weighted by Gasteiger charge is -2.33. The van der Waals surface area contributed by atoms with Gasteiger partial charge in [-0.15, -0.1) is 0 Å². The number of amides is 2. The first-order valence-corrected chi connectivity index (χ1v) is 17.0. The van der Waals surface area contributed by atoms with Gasteiger partial charge in [-0.05, 0) is 80.1 Å². The number of nitrogens with one attached hydrogen (secondary N) is 1. The van der Waals surface area contributed by atoms with Crippen LogP contribution in [0.4, 0.5) is 5.69 Å². The molecular weight excluding hydrogens is 614 g/mol. The topological polar surface area (TPSA) is 86.8 Å². The van der Waals surface area contributed by atoms with Crippen molar-refractivity contribution in [1.82, 2.24) is 10.2 Å². The van der Waals surface area contributed by atoms with Gasteiger partial charge in [0.05, 0.1) is 11.9 Å². The molecule has 0 saturated heterocycles. The zero-order chi connectivity index (χ0) is 30.9. The van der Waals surface area contributed by atoms with Gasteiger partial charge in [-0.2, -0.15) is 0 Å². The first-order valence-electron chi connectivity index (χ1n) is 14.3. The van der Waals surface area contributed by atoms with Gasteiger partial charge in [0.15, 0.2) is 0 Å². The second kappa shape index (κ2) is 15.3. The molecule has 42 heavy (non-hydrogen) atoms. The van der Waals surface area contributed by atoms with Crippen LogP contribution in [0.15, 0.2) is 77.3 Å². The van der Waals surface area contributed by atoms with E-state index in [4.69, 9.17) is 0 Å². The molecule has 2 amide bonds. The van der Waals surface area contributed by atoms with E-state index < -0.39 is 16.1 Å². The summed E-state index contributed by atoms with van der Waals surface area (Å²) < 4.78 is 27.7. The summed E-state index contributed by atoms with van der Waals surface area (Å²) in [6.45, 7) is 8.28. The van der Waals surface area contributed by atoms with Crippen LogP contribution in [-0.4, -0.2) is 50.0 Å². The first-order chi connectivity index (χ1) is 19.9. The monoisotopic (exact) mass is 655 g/mol. The van der Waals surface area contributed by atoms with Crippen LogP contribution in [0.3, 0.4) is 0 Å². The lowest BCUT2D eigenvalue weighted by atomic mass is 10.0. The molecule has 0 heterocycles. The molecular formula is C33H42BrN3O4S. The van der Waals surface area contributed by atoms with Gasteiger partial charge in [0.2, 0.25) is 21.8 Å². The largest absolute Gasteiger partial charge is 0.352 e. The Morgan fingerprint density at radius 3 is 2.24 bits per heavy atom. The van der Waals surface area contributed by atoms with E-state index in [2.05, 4.69) is 21.2 Å². The molecule has 0 aromatic heterocycles. The SMILES string of the molecule is CC[C@@H](C)NC(=O)[C@H](Cc1ccccc1)N(Cc1cccc(Br)c1)C(=O)CCCN(c1ccc(C)c(C)c1)S(C)(=O)=O. The van der Waals surface area contributed by atoms with Crippen LogP contribution in [0.25, 0.3) is 0 Å². The molecule has 0 aliphatic carbocycles. The number of carbonyl (C=O) groups is 2. The third-order valence-electron chi connectivity index (χ3n) is 7.44. The minimum absolute atomic E-state index is 0.0418. The Morgan fingerprint density at radius 2 is 1.62 bits per heavy atom. The van der Waals surface area contributed by atoms with Crippen LogP contribution in [0.2, 0.25) is 0 Å². The van der Waals surface area contributed by atoms with Gasteiger partial charge >= 0.3 is 0 Å². The van der Waals surface area contributed by atoms with E-state index >= 15 is 0 Å². The standard InChI is InChI=1S/C33H42BrN3O4S/c1-6-26(4)35-33(39)31(22-27-12-8-7-9-13-27)36(23-28-14-10-15-29(34)21-28)32(38)16-11-19-37(42(5,40)41)30-18-17-24(2)25(3)20-30/h7-10,12-15,17-18,20-21,26,31H,6,11,16,19,22-23H2,1-5H3,(H,35,39)/t26-,31+/m1/s1. The van der Waals surface area contributed by atoms with E-state index in [0.29, 0.717) is 18.5 Å². The van der Waals surface area contributed by atoms with Crippen molar-refractivity contribution in [1.29, 1.82) is 0 Å². The Morgan fingerprint density at radius 1 is 0.929 bits per heavy atom. The number of hydrogen-bond donors (Lipinski definition) is 1. The van der Waals surface area contributed by atoms with Crippen molar-refractivity contribution in [2.45, 2.75) is 72.0 Å². The molecule has 0 bridgehead atoms. The summed E-state index contributed by atoms with van der Waals surface area (Å²) in [7, 11) is -3.57. The average molecular weight is 657 g/mol. The minimum atomic E-state index is -3.57. The number of carbonyl (C=O) groups excluding carboxylic acids is 2. The molecule has 0 fully saturated rings. The second-order valence-corrected chi connectivity index (χ2v) is 13.7. The first kappa shape index (κ1) is 33.3. The van der Waals surface area contributed by atoms with Crippen molar-refractivity contribution in [3.05, 3.63) is 99.5 Å². The number of benzene rings is 3. The molecule has 3 aromatic carbocycles. The third kappa shape index (κ3) is 9.70. The molecule has 226 valence electrons. The summed E-state index contributed by atoms with van der Waals surface area (Å²) in [5, 5.41) is 3.08. The Bertz CT molecular complexity index is 1460. The molecule has 0 aliphatic heterocycles. The Hall–Kier alpha value is -3.17. The van der Waals surface area contributed by atoms with Gasteiger partial charge in [-0.25, -0.2) is 8.42 Å². The number of aryl methyl sites for hydroxylation is 2. The van der Waals surface area contributed by atoms with Gasteiger partial charge in [0.1, 0.15) is 6.04 Å². The second-order valence-electron chi connectivity index (χ2n) is 10.9. The number of nitrogens with zero attached hydrogens (tertiary/aromatic N) is 2. The maximum atomic E-state index is 14.0. The fourth-order valence-electron chi connectivity index (χ4n) is 4.71. The van der Waals surface area contributed by atoms with Crippen molar-refractivity contribution in [3.63, 3.8) is 0 Å². The lowest BCUT2D eigenvalue weighted by molar-refractivity contribution is -0.141. The van der Waals surface area contributed by atoms with Crippen molar-refractivity contribution in [2.24, 2.45) is 0 Å². The highest BCUT2D eigenvalue weighted by Crippen LogP contribution is 2.23. The normalized spacial score (nSPS) is 12.8. The van der Waals surface area contributed by atoms with E-state index in [9.17, 15) is 18.0 Å². The summed E-state index contributed by atoms with van der Waals surface area (Å²) in [5.74, 6) is -0.409. The highest BCUT2D eigenvalue weighted by Gasteiger charge is 2.31. The van der Waals surface area contributed by atoms with E-state index in [0.717, 1.165) is 33.1 Å². The van der Waals surface area contributed by atoms with Gasteiger partial charge < -0.3 is 10.2 Å². The van der Waals surface area contributed by atoms with Crippen LogP contribution in [0.1, 0.15) is 55.4 Å². The fourth-order valence-corrected chi connectivity index (χ4v) is 6.12. The van der Waals surface area contributed by atoms with Gasteiger partial charge in [-0.3, -0.25) is 13.9 Å². The molecule has 0 unspecified atom stereocenters. The highest BCUT2D eigenvalue weighted by molar-refractivity contribution is 9.10. The number of sulfonamides is 1. The van der Waals surface area contributed by atoms with Crippen molar-refractivity contribution >= 4 is 43.5 Å². The fraction of sp³-hybridized carbons (Fsp3) is 0.394. The average Bonchev–Trinajstić information content (AvgIpc) is 2.94. The number of halogens is 1. The van der Waals surface area contributed by atoms with Crippen molar-refractivity contribution in [2.75, 3.05) is 17.1 Å². The zero-order valence-electron chi connectivity index (χ0n) is 25.1. The molecule has 0 radical (unpaired) electrons. The molecule has 3 rings (SSSR count). The van der Waals surface area contributed by atoms with Gasteiger partial charge in [0.25, 0.3) is 0 Å². The number of anilines is 1. The summed E-state index contributed by atoms with van der Waals surface area (Å²) >= 11 is 3.51. The highest BCUT2D eigenvalue weighted by atomic mass is 79.9. The smallest absolute Gasteiger partial charge is 0.243 e. The molecule has 2 atom stereocenters. The predicted octanol–water partition coefficient (Wildman–Crippen LogP) is 6.17. The Labute approximate surface area is 259 Å². The quantitative estimate of drug-likeness (QED) is 0.225. The van der Waals surface area contributed by atoms with Gasteiger partial charge in [-0.1, -0.05) is 71.4 Å². The van der Waals surface area contributed by atoms with E-state index in [-0.39, 0.29) is 37.4 Å². The predicted molar refractivity (Wildman–Crippen MR) is 174 cm³/mol. The molecule has 1 N–H and O–H groups in total. The summed E-state index contributed by atoms with van der Waals surface area (Å²) in [5.41, 5.74) is 4.49. The summed E-state index contributed by atoms with van der Waals surface area (Å²) in [6.07, 6.45) is 2.70. The Balaban J connectivity index is 1.90. The summed E-state index contributed by atoms with van der Waals surface area (Å²) in [6, 6.07) is 22.1. The summed E-state index contributed by atoms with van der Waals surface area (Å²) in [4.78, 5) is 29.3. The maximum Gasteiger partial charge on any atom is 0.243 e. The van der Waals surface area contributed by atoms with Crippen molar-refractivity contribution < 1.29 is 18.0 Å².